The average Bonchev–Trinajstić information content (AvgIpc) is 2.94. The number of benzene rings is 3. The van der Waals surface area contributed by atoms with Crippen LogP contribution in [0.4, 0.5) is 0 Å². The zero-order valence-electron chi connectivity index (χ0n) is 14.0. The summed E-state index contributed by atoms with van der Waals surface area (Å²) < 4.78 is 0. The van der Waals surface area contributed by atoms with E-state index in [0.29, 0.717) is 5.41 Å². The van der Waals surface area contributed by atoms with Crippen molar-refractivity contribution in [1.29, 1.82) is 0 Å². The molecule has 0 bridgehead atoms. The van der Waals surface area contributed by atoms with Crippen molar-refractivity contribution in [2.24, 2.45) is 0 Å². The normalized spacial score (nSPS) is 11.3. The number of hydrogen-bond acceptors (Lipinski definition) is 0. The summed E-state index contributed by atoms with van der Waals surface area (Å²) in [6.07, 6.45) is 0. The van der Waals surface area contributed by atoms with E-state index < -0.39 is 0 Å². The van der Waals surface area contributed by atoms with E-state index in [1.165, 1.54) is 27.4 Å². The van der Waals surface area contributed by atoms with Crippen LogP contribution < -0.4 is 0 Å². The Morgan fingerprint density at radius 2 is 1.00 bits per heavy atom. The monoisotopic (exact) mass is 301 g/mol. The Bertz CT molecular complexity index is 845. The highest BCUT2D eigenvalue weighted by molar-refractivity contribution is 6.06. The quantitative estimate of drug-likeness (QED) is 0.392. The molecule has 0 saturated heterocycles. The van der Waals surface area contributed by atoms with Crippen LogP contribution in [0, 0.1) is 0 Å². The van der Waals surface area contributed by atoms with Gasteiger partial charge in [0.1, 0.15) is 0 Å². The molecule has 0 aliphatic carbocycles. The van der Waals surface area contributed by atoms with Crippen LogP contribution in [0.15, 0.2) is 78.9 Å². The molecule has 0 saturated carbocycles. The van der Waals surface area contributed by atoms with E-state index in [4.69, 9.17) is 0 Å². The summed E-state index contributed by atoms with van der Waals surface area (Å²) in [5.74, 6) is 0. The molecule has 116 valence electrons. The molecule has 4 rings (SSSR count). The molecule has 0 radical (unpaired) electrons. The molecule has 0 spiro atoms. The lowest BCUT2D eigenvalue weighted by molar-refractivity contribution is 0.590. The Morgan fingerprint density at radius 1 is 0.565 bits per heavy atom. The van der Waals surface area contributed by atoms with Crippen molar-refractivity contribution < 1.29 is 0 Å². The molecule has 0 amide bonds. The molecule has 0 fully saturated rings. The summed E-state index contributed by atoms with van der Waals surface area (Å²) in [6.45, 7) is 6.67. The fourth-order valence-corrected chi connectivity index (χ4v) is 2.74. The summed E-state index contributed by atoms with van der Waals surface area (Å²) in [7, 11) is 0. The van der Waals surface area contributed by atoms with Gasteiger partial charge in [-0.05, 0) is 23.1 Å². The van der Waals surface area contributed by atoms with Crippen LogP contribution >= 0.6 is 0 Å². The lowest BCUT2D eigenvalue weighted by Crippen LogP contribution is -2.10. The highest BCUT2D eigenvalue weighted by Crippen LogP contribution is 2.24. The van der Waals surface area contributed by atoms with E-state index in [1.807, 2.05) is 0 Å². The number of H-pyrrole nitrogens is 1. The number of aromatic amines is 1. The molecule has 1 aromatic heterocycles. The van der Waals surface area contributed by atoms with E-state index in [-0.39, 0.29) is 0 Å². The molecule has 1 heteroatoms. The maximum atomic E-state index is 3.38. The van der Waals surface area contributed by atoms with Crippen molar-refractivity contribution in [2.75, 3.05) is 0 Å². The van der Waals surface area contributed by atoms with Gasteiger partial charge in [0.25, 0.3) is 0 Å². The molecule has 1 N–H and O–H groups in total. The second-order valence-corrected chi connectivity index (χ2v) is 6.83. The third-order valence-corrected chi connectivity index (χ3v) is 4.05. The maximum absolute atomic E-state index is 3.38. The lowest BCUT2D eigenvalue weighted by atomic mass is 9.87. The molecular formula is C22H23N. The minimum Gasteiger partial charge on any atom is -0.355 e. The van der Waals surface area contributed by atoms with Crippen LogP contribution in [-0.2, 0) is 5.41 Å². The summed E-state index contributed by atoms with van der Waals surface area (Å²) in [5.41, 5.74) is 4.11. The number of nitrogens with one attached hydrogen (secondary N) is 1. The molecule has 0 aliphatic rings. The van der Waals surface area contributed by atoms with Crippen LogP contribution in [0.1, 0.15) is 26.3 Å². The van der Waals surface area contributed by atoms with Crippen LogP contribution in [0.25, 0.3) is 21.8 Å². The Labute approximate surface area is 138 Å². The number of fused-ring (bicyclic) bond motifs is 3. The third kappa shape index (κ3) is 3.45. The molecule has 3 aromatic carbocycles. The summed E-state index contributed by atoms with van der Waals surface area (Å²) in [6, 6.07) is 27.3. The van der Waals surface area contributed by atoms with Gasteiger partial charge in [0.05, 0.1) is 0 Å². The first-order chi connectivity index (χ1) is 11.1. The topological polar surface area (TPSA) is 15.8 Å². The highest BCUT2D eigenvalue weighted by atomic mass is 14.7. The van der Waals surface area contributed by atoms with Crippen LogP contribution in [0.5, 0.6) is 0 Å². The fourth-order valence-electron chi connectivity index (χ4n) is 2.74. The lowest BCUT2D eigenvalue weighted by Gasteiger charge is -2.18. The van der Waals surface area contributed by atoms with E-state index in [1.54, 1.807) is 0 Å². The smallest absolute Gasteiger partial charge is 0.0464 e. The number of aromatic nitrogens is 1. The molecular weight excluding hydrogens is 278 g/mol. The minimum absolute atomic E-state index is 0.293. The zero-order valence-corrected chi connectivity index (χ0v) is 14.0. The van der Waals surface area contributed by atoms with E-state index in [0.717, 1.165) is 0 Å². The largest absolute Gasteiger partial charge is 0.355 e. The maximum Gasteiger partial charge on any atom is 0.0464 e. The van der Waals surface area contributed by atoms with Crippen molar-refractivity contribution in [1.82, 2.24) is 4.98 Å². The van der Waals surface area contributed by atoms with Gasteiger partial charge in [-0.25, -0.2) is 0 Å². The van der Waals surface area contributed by atoms with Gasteiger partial charge in [0.15, 0.2) is 0 Å². The van der Waals surface area contributed by atoms with Gasteiger partial charge in [-0.3, -0.25) is 0 Å². The minimum atomic E-state index is 0.293. The Morgan fingerprint density at radius 3 is 1.43 bits per heavy atom. The van der Waals surface area contributed by atoms with E-state index in [9.17, 15) is 0 Å². The molecule has 0 atom stereocenters. The summed E-state index contributed by atoms with van der Waals surface area (Å²) in [5, 5.41) is 2.61. The van der Waals surface area contributed by atoms with E-state index >= 15 is 0 Å². The molecule has 23 heavy (non-hydrogen) atoms. The highest BCUT2D eigenvalue weighted by Gasteiger charge is 2.11. The Kier molecular flexibility index (Phi) is 4.20. The van der Waals surface area contributed by atoms with Crippen molar-refractivity contribution in [3.63, 3.8) is 0 Å². The number of para-hydroxylation sites is 2. The number of rotatable bonds is 0. The first-order valence-electron chi connectivity index (χ1n) is 8.07. The van der Waals surface area contributed by atoms with E-state index in [2.05, 4.69) is 105 Å². The summed E-state index contributed by atoms with van der Waals surface area (Å²) >= 11 is 0. The fraction of sp³-hybridized carbons (Fsp3) is 0.182. The first-order valence-corrected chi connectivity index (χ1v) is 8.07. The van der Waals surface area contributed by atoms with Crippen LogP contribution in [0.2, 0.25) is 0 Å². The van der Waals surface area contributed by atoms with Crippen molar-refractivity contribution >= 4 is 21.8 Å². The first kappa shape index (κ1) is 15.4. The summed E-state index contributed by atoms with van der Waals surface area (Å²) in [4.78, 5) is 3.38. The van der Waals surface area contributed by atoms with Gasteiger partial charge < -0.3 is 4.98 Å². The molecule has 1 heterocycles. The van der Waals surface area contributed by atoms with Crippen molar-refractivity contribution in [3.05, 3.63) is 84.4 Å². The average molecular weight is 301 g/mol. The Hall–Kier alpha value is -2.54. The number of hydrogen-bond donors (Lipinski definition) is 1. The van der Waals surface area contributed by atoms with Crippen molar-refractivity contribution in [3.8, 4) is 0 Å². The third-order valence-electron chi connectivity index (χ3n) is 4.05. The zero-order chi connectivity index (χ0) is 16.3. The molecule has 1 nitrogen and oxygen atoms in total. The standard InChI is InChI=1S/C12H9N.C10H14/c1-3-7-11-9(5-1)10-6-2-4-8-12(10)13-11;1-10(2,3)9-7-5-4-6-8-9/h1-8,13H;4-8H,1-3H3. The molecule has 0 aliphatic heterocycles. The second kappa shape index (κ2) is 6.29. The molecule has 4 aromatic rings. The van der Waals surface area contributed by atoms with Gasteiger partial charge in [-0.2, -0.15) is 0 Å². The van der Waals surface area contributed by atoms with Crippen LogP contribution in [0.3, 0.4) is 0 Å². The van der Waals surface area contributed by atoms with Crippen molar-refractivity contribution in [2.45, 2.75) is 26.2 Å². The Balaban J connectivity index is 0.000000142. The van der Waals surface area contributed by atoms with Gasteiger partial charge in [-0.1, -0.05) is 87.5 Å². The predicted octanol–water partition coefficient (Wildman–Crippen LogP) is 6.31. The molecule has 0 unspecified atom stereocenters. The SMILES string of the molecule is CC(C)(C)c1ccccc1.c1ccc2c(c1)[nH]c1ccccc12. The van der Waals surface area contributed by atoms with Gasteiger partial charge in [0, 0.05) is 21.8 Å². The van der Waals surface area contributed by atoms with Crippen LogP contribution in [-0.4, -0.2) is 4.98 Å². The van der Waals surface area contributed by atoms with Gasteiger partial charge >= 0.3 is 0 Å². The second-order valence-electron chi connectivity index (χ2n) is 6.83. The van der Waals surface area contributed by atoms with Gasteiger partial charge in [-0.15, -0.1) is 0 Å². The van der Waals surface area contributed by atoms with Gasteiger partial charge in [0.2, 0.25) is 0 Å². The predicted molar refractivity (Wildman–Crippen MR) is 101 cm³/mol.